The third-order valence-corrected chi connectivity index (χ3v) is 4.34. The number of aromatic nitrogens is 2. The van der Waals surface area contributed by atoms with Gasteiger partial charge in [0.05, 0.1) is 10.9 Å². The lowest BCUT2D eigenvalue weighted by Gasteiger charge is -2.12. The van der Waals surface area contributed by atoms with Crippen LogP contribution in [0.3, 0.4) is 0 Å². The zero-order valence-electron chi connectivity index (χ0n) is 10.3. The average Bonchev–Trinajstić information content (AvgIpc) is 2.89. The molecule has 0 fully saturated rings. The van der Waals surface area contributed by atoms with Crippen molar-refractivity contribution in [2.24, 2.45) is 0 Å². The molecule has 7 heteroatoms. The highest BCUT2D eigenvalue weighted by Crippen LogP contribution is 2.23. The van der Waals surface area contributed by atoms with Crippen LogP contribution in [0.4, 0.5) is 5.13 Å². The summed E-state index contributed by atoms with van der Waals surface area (Å²) in [6, 6.07) is 4.00. The molecule has 0 bridgehead atoms. The van der Waals surface area contributed by atoms with E-state index in [-0.39, 0.29) is 0 Å². The van der Waals surface area contributed by atoms with Crippen molar-refractivity contribution in [3.05, 3.63) is 26.4 Å². The molecular formula is C11H15ClN4S2. The summed E-state index contributed by atoms with van der Waals surface area (Å²) in [5.41, 5.74) is 0. The lowest BCUT2D eigenvalue weighted by atomic mass is 10.4. The van der Waals surface area contributed by atoms with Gasteiger partial charge < -0.3 is 5.32 Å². The zero-order valence-corrected chi connectivity index (χ0v) is 12.7. The molecule has 0 saturated heterocycles. The van der Waals surface area contributed by atoms with E-state index in [9.17, 15) is 0 Å². The summed E-state index contributed by atoms with van der Waals surface area (Å²) in [6.45, 7) is 4.61. The topological polar surface area (TPSA) is 41.1 Å². The van der Waals surface area contributed by atoms with Crippen LogP contribution in [0, 0.1) is 0 Å². The van der Waals surface area contributed by atoms with Crippen LogP contribution in [0.5, 0.6) is 0 Å². The summed E-state index contributed by atoms with van der Waals surface area (Å²) in [6.07, 6.45) is 0. The van der Waals surface area contributed by atoms with Crippen LogP contribution < -0.4 is 5.32 Å². The van der Waals surface area contributed by atoms with Crippen molar-refractivity contribution in [2.75, 3.05) is 18.9 Å². The van der Waals surface area contributed by atoms with Crippen molar-refractivity contribution in [1.82, 2.24) is 15.1 Å². The van der Waals surface area contributed by atoms with E-state index in [0.717, 1.165) is 34.1 Å². The van der Waals surface area contributed by atoms with Gasteiger partial charge in [0.25, 0.3) is 0 Å². The average molecular weight is 303 g/mol. The molecule has 0 aromatic carbocycles. The fourth-order valence-corrected chi connectivity index (χ4v) is 3.59. The van der Waals surface area contributed by atoms with Crippen molar-refractivity contribution < 1.29 is 0 Å². The quantitative estimate of drug-likeness (QED) is 0.889. The predicted octanol–water partition coefficient (Wildman–Crippen LogP) is 3.32. The van der Waals surface area contributed by atoms with E-state index in [1.54, 1.807) is 22.7 Å². The predicted molar refractivity (Wildman–Crippen MR) is 78.6 cm³/mol. The minimum Gasteiger partial charge on any atom is -0.360 e. The SMILES string of the molecule is CCNc1nnc(CN(C)Cc2ccc(Cl)s2)s1. The summed E-state index contributed by atoms with van der Waals surface area (Å²) < 4.78 is 0.837. The molecule has 4 nitrogen and oxygen atoms in total. The highest BCUT2D eigenvalue weighted by molar-refractivity contribution is 7.16. The lowest BCUT2D eigenvalue weighted by Crippen LogP contribution is -2.16. The standard InChI is InChI=1S/C11H15ClN4S2/c1-3-13-11-15-14-10(18-11)7-16(2)6-8-4-5-9(12)17-8/h4-5H,3,6-7H2,1-2H3,(H,13,15). The molecule has 2 rings (SSSR count). The van der Waals surface area contributed by atoms with E-state index in [0.29, 0.717) is 0 Å². The molecule has 2 aromatic rings. The van der Waals surface area contributed by atoms with E-state index in [1.165, 1.54) is 4.88 Å². The summed E-state index contributed by atoms with van der Waals surface area (Å²) >= 11 is 9.14. The number of halogens is 1. The van der Waals surface area contributed by atoms with Crippen molar-refractivity contribution >= 4 is 39.4 Å². The van der Waals surface area contributed by atoms with Crippen LogP contribution >= 0.6 is 34.3 Å². The van der Waals surface area contributed by atoms with Gasteiger partial charge in [-0.1, -0.05) is 22.9 Å². The van der Waals surface area contributed by atoms with Crippen molar-refractivity contribution in [1.29, 1.82) is 0 Å². The van der Waals surface area contributed by atoms with E-state index < -0.39 is 0 Å². The van der Waals surface area contributed by atoms with Crippen LogP contribution in [0.2, 0.25) is 4.34 Å². The molecule has 2 aromatic heterocycles. The van der Waals surface area contributed by atoms with Gasteiger partial charge in [-0.2, -0.15) is 0 Å². The first kappa shape index (κ1) is 13.7. The van der Waals surface area contributed by atoms with Crippen LogP contribution in [0.25, 0.3) is 0 Å². The van der Waals surface area contributed by atoms with Gasteiger partial charge in [-0.25, -0.2) is 0 Å². The first-order valence-electron chi connectivity index (χ1n) is 5.66. The molecular weight excluding hydrogens is 288 g/mol. The van der Waals surface area contributed by atoms with E-state index in [1.807, 2.05) is 13.0 Å². The number of hydrogen-bond donors (Lipinski definition) is 1. The maximum absolute atomic E-state index is 5.91. The fourth-order valence-electron chi connectivity index (χ4n) is 1.53. The van der Waals surface area contributed by atoms with Gasteiger partial charge in [0.2, 0.25) is 5.13 Å². The number of nitrogens with zero attached hydrogens (tertiary/aromatic N) is 3. The molecule has 0 radical (unpaired) electrons. The normalized spacial score (nSPS) is 11.1. The highest BCUT2D eigenvalue weighted by atomic mass is 35.5. The van der Waals surface area contributed by atoms with Crippen LogP contribution in [-0.4, -0.2) is 28.7 Å². The first-order valence-corrected chi connectivity index (χ1v) is 7.67. The van der Waals surface area contributed by atoms with Gasteiger partial charge in [0.1, 0.15) is 5.01 Å². The molecule has 98 valence electrons. The maximum atomic E-state index is 5.91. The maximum Gasteiger partial charge on any atom is 0.205 e. The molecule has 0 aliphatic carbocycles. The second-order valence-corrected chi connectivity index (χ2v) is 6.77. The van der Waals surface area contributed by atoms with E-state index in [2.05, 4.69) is 33.5 Å². The molecule has 2 heterocycles. The van der Waals surface area contributed by atoms with E-state index >= 15 is 0 Å². The van der Waals surface area contributed by atoms with Crippen molar-refractivity contribution in [2.45, 2.75) is 20.0 Å². The fraction of sp³-hybridized carbons (Fsp3) is 0.455. The summed E-state index contributed by atoms with van der Waals surface area (Å²) in [4.78, 5) is 3.47. The Balaban J connectivity index is 1.88. The highest BCUT2D eigenvalue weighted by Gasteiger charge is 2.08. The molecule has 0 unspecified atom stereocenters. The zero-order chi connectivity index (χ0) is 13.0. The second-order valence-electron chi connectivity index (χ2n) is 3.91. The molecule has 0 aliphatic rings. The number of anilines is 1. The summed E-state index contributed by atoms with van der Waals surface area (Å²) in [5.74, 6) is 0. The second kappa shape index (κ2) is 6.47. The van der Waals surface area contributed by atoms with Gasteiger partial charge in [0, 0.05) is 18.0 Å². The Labute approximate surface area is 120 Å². The number of thiophene rings is 1. The van der Waals surface area contributed by atoms with Crippen LogP contribution in [0.15, 0.2) is 12.1 Å². The molecule has 18 heavy (non-hydrogen) atoms. The van der Waals surface area contributed by atoms with Gasteiger partial charge in [-0.15, -0.1) is 21.5 Å². The number of nitrogens with one attached hydrogen (secondary N) is 1. The Morgan fingerprint density at radius 3 is 2.78 bits per heavy atom. The largest absolute Gasteiger partial charge is 0.360 e. The van der Waals surface area contributed by atoms with E-state index in [4.69, 9.17) is 11.6 Å². The minimum atomic E-state index is 0.804. The number of rotatable bonds is 6. The third kappa shape index (κ3) is 3.91. The van der Waals surface area contributed by atoms with Gasteiger partial charge >= 0.3 is 0 Å². The van der Waals surface area contributed by atoms with Crippen LogP contribution in [-0.2, 0) is 13.1 Å². The summed E-state index contributed by atoms with van der Waals surface area (Å²) in [7, 11) is 2.07. The molecule has 0 atom stereocenters. The van der Waals surface area contributed by atoms with Gasteiger partial charge in [0.15, 0.2) is 0 Å². The molecule has 1 N–H and O–H groups in total. The van der Waals surface area contributed by atoms with Gasteiger partial charge in [-0.05, 0) is 26.1 Å². The molecule has 0 saturated carbocycles. The Morgan fingerprint density at radius 1 is 1.28 bits per heavy atom. The van der Waals surface area contributed by atoms with Crippen molar-refractivity contribution in [3.63, 3.8) is 0 Å². The Kier molecular flexibility index (Phi) is 4.94. The van der Waals surface area contributed by atoms with Gasteiger partial charge in [-0.3, -0.25) is 4.90 Å². The molecule has 0 amide bonds. The Bertz CT molecular complexity index is 497. The van der Waals surface area contributed by atoms with Crippen LogP contribution in [0.1, 0.15) is 16.8 Å². The third-order valence-electron chi connectivity index (χ3n) is 2.25. The smallest absolute Gasteiger partial charge is 0.205 e. The summed E-state index contributed by atoms with van der Waals surface area (Å²) in [5, 5.41) is 13.3. The lowest BCUT2D eigenvalue weighted by molar-refractivity contribution is 0.320. The number of hydrogen-bond acceptors (Lipinski definition) is 6. The molecule has 0 spiro atoms. The Morgan fingerprint density at radius 2 is 2.11 bits per heavy atom. The monoisotopic (exact) mass is 302 g/mol. The van der Waals surface area contributed by atoms with Crippen molar-refractivity contribution in [3.8, 4) is 0 Å². The minimum absolute atomic E-state index is 0.804. The molecule has 0 aliphatic heterocycles. The Hall–Kier alpha value is -0.690. The first-order chi connectivity index (χ1) is 8.67.